The van der Waals surface area contributed by atoms with Gasteiger partial charge in [0.05, 0.1) is 5.75 Å². The van der Waals surface area contributed by atoms with E-state index in [4.69, 9.17) is 0 Å². The third kappa shape index (κ3) is 4.23. The van der Waals surface area contributed by atoms with Crippen molar-refractivity contribution in [2.24, 2.45) is 0 Å². The summed E-state index contributed by atoms with van der Waals surface area (Å²) in [4.78, 5) is 2.29. The second-order valence-corrected chi connectivity index (χ2v) is 7.40. The van der Waals surface area contributed by atoms with Crippen molar-refractivity contribution in [3.05, 3.63) is 0 Å². The molecule has 17 heavy (non-hydrogen) atoms. The molecule has 0 saturated carbocycles. The van der Waals surface area contributed by atoms with Gasteiger partial charge in [-0.05, 0) is 12.8 Å². The third-order valence-corrected chi connectivity index (χ3v) is 5.65. The van der Waals surface area contributed by atoms with Crippen molar-refractivity contribution >= 4 is 9.84 Å². The van der Waals surface area contributed by atoms with Gasteiger partial charge in [0, 0.05) is 37.5 Å². The Hall–Kier alpha value is -0.130. The molecule has 0 aromatic rings. The van der Waals surface area contributed by atoms with Crippen molar-refractivity contribution in [3.8, 4) is 0 Å². The Morgan fingerprint density at radius 3 is 2.41 bits per heavy atom. The highest BCUT2D eigenvalue weighted by Crippen LogP contribution is 2.19. The summed E-state index contributed by atoms with van der Waals surface area (Å²) in [6.07, 6.45) is 2.20. The van der Waals surface area contributed by atoms with Gasteiger partial charge in [0.1, 0.15) is 0 Å². The van der Waals surface area contributed by atoms with Gasteiger partial charge < -0.3 is 5.32 Å². The SMILES string of the molecule is CCC1(CC)CN(CCS(=O)(=O)CC)CCN1. The molecule has 5 heteroatoms. The molecule has 1 saturated heterocycles. The molecule has 0 aromatic heterocycles. The van der Waals surface area contributed by atoms with Gasteiger partial charge in [-0.3, -0.25) is 4.90 Å². The van der Waals surface area contributed by atoms with Gasteiger partial charge in [0.15, 0.2) is 9.84 Å². The number of piperazine rings is 1. The number of hydrogen-bond donors (Lipinski definition) is 1. The van der Waals surface area contributed by atoms with Crippen LogP contribution < -0.4 is 5.32 Å². The Kier molecular flexibility index (Phi) is 5.41. The van der Waals surface area contributed by atoms with Crippen LogP contribution in [0.15, 0.2) is 0 Å². The first-order chi connectivity index (χ1) is 7.97. The van der Waals surface area contributed by atoms with Crippen LogP contribution >= 0.6 is 0 Å². The summed E-state index contributed by atoms with van der Waals surface area (Å²) < 4.78 is 23.0. The van der Waals surface area contributed by atoms with Crippen LogP contribution in [0, 0.1) is 0 Å². The van der Waals surface area contributed by atoms with Gasteiger partial charge in [-0.1, -0.05) is 20.8 Å². The zero-order valence-electron chi connectivity index (χ0n) is 11.3. The third-order valence-electron chi connectivity index (χ3n) is 3.97. The first-order valence-corrected chi connectivity index (χ1v) is 8.47. The Balaban J connectivity index is 2.50. The van der Waals surface area contributed by atoms with Gasteiger partial charge in [0.25, 0.3) is 0 Å². The van der Waals surface area contributed by atoms with Crippen LogP contribution in [-0.4, -0.2) is 56.5 Å². The summed E-state index contributed by atoms with van der Waals surface area (Å²) in [6.45, 7) is 9.69. The quantitative estimate of drug-likeness (QED) is 0.772. The molecule has 0 aromatic carbocycles. The largest absolute Gasteiger partial charge is 0.309 e. The second-order valence-electron chi connectivity index (χ2n) is 4.93. The molecule has 1 aliphatic heterocycles. The summed E-state index contributed by atoms with van der Waals surface area (Å²) >= 11 is 0. The standard InChI is InChI=1S/C12H26N2O2S/c1-4-12(5-2)11-14(8-7-13-12)9-10-17(15,16)6-3/h13H,4-11H2,1-3H3. The van der Waals surface area contributed by atoms with Crippen LogP contribution in [0.3, 0.4) is 0 Å². The highest BCUT2D eigenvalue weighted by molar-refractivity contribution is 7.91. The zero-order chi connectivity index (χ0) is 12.9. The molecule has 1 aliphatic rings. The summed E-state index contributed by atoms with van der Waals surface area (Å²) in [6, 6.07) is 0. The van der Waals surface area contributed by atoms with E-state index < -0.39 is 9.84 Å². The molecule has 0 atom stereocenters. The maximum Gasteiger partial charge on any atom is 0.151 e. The lowest BCUT2D eigenvalue weighted by molar-refractivity contribution is 0.130. The van der Waals surface area contributed by atoms with E-state index in [1.165, 1.54) is 0 Å². The molecule has 102 valence electrons. The topological polar surface area (TPSA) is 49.4 Å². The fourth-order valence-corrected chi connectivity index (χ4v) is 3.19. The Morgan fingerprint density at radius 2 is 1.88 bits per heavy atom. The van der Waals surface area contributed by atoms with E-state index in [1.807, 2.05) is 0 Å². The number of rotatable bonds is 6. The van der Waals surface area contributed by atoms with Crippen LogP contribution in [0.5, 0.6) is 0 Å². The molecule has 1 fully saturated rings. The van der Waals surface area contributed by atoms with Crippen LogP contribution in [0.25, 0.3) is 0 Å². The van der Waals surface area contributed by atoms with Crippen molar-refractivity contribution in [3.63, 3.8) is 0 Å². The monoisotopic (exact) mass is 262 g/mol. The molecule has 1 heterocycles. The zero-order valence-corrected chi connectivity index (χ0v) is 12.1. The normalized spacial score (nSPS) is 21.6. The lowest BCUT2D eigenvalue weighted by Crippen LogP contribution is -2.60. The van der Waals surface area contributed by atoms with Gasteiger partial charge >= 0.3 is 0 Å². The Morgan fingerprint density at radius 1 is 1.24 bits per heavy atom. The molecular formula is C12H26N2O2S. The number of nitrogens with one attached hydrogen (secondary N) is 1. The minimum absolute atomic E-state index is 0.189. The molecule has 0 spiro atoms. The Bertz CT molecular complexity index is 323. The van der Waals surface area contributed by atoms with E-state index in [-0.39, 0.29) is 11.3 Å². The summed E-state index contributed by atoms with van der Waals surface area (Å²) in [5.74, 6) is 0.554. The highest BCUT2D eigenvalue weighted by Gasteiger charge is 2.31. The van der Waals surface area contributed by atoms with Crippen LogP contribution in [0.1, 0.15) is 33.6 Å². The summed E-state index contributed by atoms with van der Waals surface area (Å²) in [7, 11) is -2.83. The number of sulfone groups is 1. The minimum Gasteiger partial charge on any atom is -0.309 e. The van der Waals surface area contributed by atoms with Crippen LogP contribution in [0.2, 0.25) is 0 Å². The molecule has 0 amide bonds. The first-order valence-electron chi connectivity index (χ1n) is 6.64. The van der Waals surface area contributed by atoms with E-state index in [0.717, 1.165) is 32.5 Å². The fourth-order valence-electron chi connectivity index (χ4n) is 2.37. The fraction of sp³-hybridized carbons (Fsp3) is 1.00. The van der Waals surface area contributed by atoms with Gasteiger partial charge in [-0.15, -0.1) is 0 Å². The molecule has 0 aliphatic carbocycles. The van der Waals surface area contributed by atoms with E-state index in [9.17, 15) is 8.42 Å². The molecule has 1 rings (SSSR count). The van der Waals surface area contributed by atoms with Crippen LogP contribution in [-0.2, 0) is 9.84 Å². The molecule has 0 unspecified atom stereocenters. The Labute approximate surface area is 106 Å². The van der Waals surface area contributed by atoms with Crippen molar-refractivity contribution in [2.45, 2.75) is 39.2 Å². The maximum atomic E-state index is 11.5. The van der Waals surface area contributed by atoms with E-state index in [2.05, 4.69) is 24.1 Å². The van der Waals surface area contributed by atoms with Gasteiger partial charge in [-0.2, -0.15) is 0 Å². The average molecular weight is 262 g/mol. The van der Waals surface area contributed by atoms with Gasteiger partial charge in [-0.25, -0.2) is 8.42 Å². The lowest BCUT2D eigenvalue weighted by atomic mass is 9.90. The molecular weight excluding hydrogens is 236 g/mol. The lowest BCUT2D eigenvalue weighted by Gasteiger charge is -2.43. The van der Waals surface area contributed by atoms with E-state index in [0.29, 0.717) is 12.3 Å². The molecule has 0 radical (unpaired) electrons. The van der Waals surface area contributed by atoms with Crippen LogP contribution in [0.4, 0.5) is 0 Å². The predicted octanol–water partition coefficient (Wildman–Crippen LogP) is 0.885. The summed E-state index contributed by atoms with van der Waals surface area (Å²) in [5.41, 5.74) is 0.189. The predicted molar refractivity (Wildman–Crippen MR) is 72.1 cm³/mol. The second kappa shape index (κ2) is 6.16. The van der Waals surface area contributed by atoms with Crippen molar-refractivity contribution in [1.82, 2.24) is 10.2 Å². The first kappa shape index (κ1) is 14.9. The van der Waals surface area contributed by atoms with Crippen molar-refractivity contribution < 1.29 is 8.42 Å². The maximum absolute atomic E-state index is 11.5. The molecule has 0 bridgehead atoms. The smallest absolute Gasteiger partial charge is 0.151 e. The van der Waals surface area contributed by atoms with Crippen molar-refractivity contribution in [2.75, 3.05) is 37.7 Å². The average Bonchev–Trinajstić information content (AvgIpc) is 2.37. The number of hydrogen-bond acceptors (Lipinski definition) is 4. The van der Waals surface area contributed by atoms with Gasteiger partial charge in [0.2, 0.25) is 0 Å². The molecule has 4 nitrogen and oxygen atoms in total. The van der Waals surface area contributed by atoms with E-state index in [1.54, 1.807) is 6.92 Å². The van der Waals surface area contributed by atoms with Crippen molar-refractivity contribution in [1.29, 1.82) is 0 Å². The number of nitrogens with zero attached hydrogens (tertiary/aromatic N) is 1. The van der Waals surface area contributed by atoms with E-state index >= 15 is 0 Å². The minimum atomic E-state index is -2.83. The summed E-state index contributed by atoms with van der Waals surface area (Å²) in [5, 5.41) is 3.58. The molecule has 1 N–H and O–H groups in total. The highest BCUT2D eigenvalue weighted by atomic mass is 32.2.